The summed E-state index contributed by atoms with van der Waals surface area (Å²) in [5.41, 5.74) is -3.00. The molecular formula is C13H7FN3O6Pd-. The molecule has 1 amide bonds. The molecule has 0 aliphatic heterocycles. The summed E-state index contributed by atoms with van der Waals surface area (Å²) >= 11 is 0. The molecule has 0 aliphatic carbocycles. The van der Waals surface area contributed by atoms with Crippen LogP contribution in [0.1, 0.15) is 10.4 Å². The smallest absolute Gasteiger partial charge is 0.289 e. The van der Waals surface area contributed by atoms with Crippen LogP contribution in [0.25, 0.3) is 0 Å². The van der Waals surface area contributed by atoms with Gasteiger partial charge >= 0.3 is 0 Å². The summed E-state index contributed by atoms with van der Waals surface area (Å²) in [6, 6.07) is 6.53. The molecule has 2 aromatic rings. The molecule has 2 rings (SSSR count). The van der Waals surface area contributed by atoms with Crippen LogP contribution in [0.15, 0.2) is 42.5 Å². The molecule has 0 aliphatic rings. The zero-order valence-electron chi connectivity index (χ0n) is 11.5. The van der Waals surface area contributed by atoms with Crippen molar-refractivity contribution in [2.24, 2.45) is 0 Å². The number of halogens is 1. The van der Waals surface area contributed by atoms with Crippen molar-refractivity contribution >= 4 is 23.0 Å². The molecule has 0 fully saturated rings. The number of hydrogen-bond donors (Lipinski definition) is 0. The number of hydroxylamine groups is 1. The first-order chi connectivity index (χ1) is 10.8. The standard InChI is InChI=1S/C13H7FN3O6.Pd/c14-8-4-6-9(7-5-8)15(19)13(18)12-10(16(20)21)2-1-3-11(12)17(22)23;/h1-7H;/q-1;. The minimum absolute atomic E-state index is 0. The van der Waals surface area contributed by atoms with Gasteiger partial charge in [-0.25, -0.2) is 4.39 Å². The Morgan fingerprint density at radius 2 is 1.42 bits per heavy atom. The Kier molecular flexibility index (Phi) is 6.19. The van der Waals surface area contributed by atoms with Gasteiger partial charge in [0.1, 0.15) is 5.82 Å². The van der Waals surface area contributed by atoms with E-state index in [1.54, 1.807) is 0 Å². The van der Waals surface area contributed by atoms with Gasteiger partial charge < -0.3 is 10.3 Å². The monoisotopic (exact) mass is 426 g/mol. The van der Waals surface area contributed by atoms with Crippen molar-refractivity contribution in [3.8, 4) is 0 Å². The van der Waals surface area contributed by atoms with Gasteiger partial charge in [0.05, 0.1) is 9.85 Å². The Balaban J connectivity index is 0.00000288. The molecule has 0 spiro atoms. The van der Waals surface area contributed by atoms with Crippen molar-refractivity contribution in [3.05, 3.63) is 79.3 Å². The normalized spacial score (nSPS) is 9.75. The minimum atomic E-state index is -1.49. The largest absolute Gasteiger partial charge is 0.751 e. The number of nitro groups is 2. The van der Waals surface area contributed by atoms with Crippen LogP contribution in [0, 0.1) is 31.3 Å². The Morgan fingerprint density at radius 3 is 1.83 bits per heavy atom. The van der Waals surface area contributed by atoms with E-state index >= 15 is 0 Å². The molecule has 0 heterocycles. The number of amides is 1. The fourth-order valence-electron chi connectivity index (χ4n) is 1.85. The van der Waals surface area contributed by atoms with Crippen LogP contribution >= 0.6 is 0 Å². The molecule has 2 aromatic carbocycles. The third-order valence-corrected chi connectivity index (χ3v) is 2.87. The molecule has 0 radical (unpaired) electrons. The number of carbonyl (C=O) groups is 1. The third kappa shape index (κ3) is 3.77. The summed E-state index contributed by atoms with van der Waals surface area (Å²) < 4.78 is 12.8. The van der Waals surface area contributed by atoms with Gasteiger partial charge in [-0.15, -0.1) is 0 Å². The van der Waals surface area contributed by atoms with Crippen LogP contribution in [-0.2, 0) is 20.4 Å². The van der Waals surface area contributed by atoms with E-state index in [-0.39, 0.29) is 31.2 Å². The summed E-state index contributed by atoms with van der Waals surface area (Å²) in [5, 5.41) is 33.7. The van der Waals surface area contributed by atoms with Crippen LogP contribution in [-0.4, -0.2) is 15.8 Å². The predicted molar refractivity (Wildman–Crippen MR) is 76.3 cm³/mol. The second-order valence-corrected chi connectivity index (χ2v) is 4.26. The van der Waals surface area contributed by atoms with Crippen molar-refractivity contribution in [2.45, 2.75) is 0 Å². The number of benzene rings is 2. The molecule has 0 aromatic heterocycles. The number of rotatable bonds is 4. The van der Waals surface area contributed by atoms with Gasteiger partial charge in [0, 0.05) is 38.2 Å². The van der Waals surface area contributed by atoms with E-state index in [1.807, 2.05) is 0 Å². The van der Waals surface area contributed by atoms with Crippen LogP contribution in [0.4, 0.5) is 21.5 Å². The van der Waals surface area contributed by atoms with Gasteiger partial charge in [-0.1, -0.05) is 0 Å². The summed E-state index contributed by atoms with van der Waals surface area (Å²) in [5.74, 6) is -2.15. The maximum absolute atomic E-state index is 12.8. The molecule has 9 nitrogen and oxygen atoms in total. The Bertz CT molecular complexity index is 767. The average Bonchev–Trinajstić information content (AvgIpc) is 2.53. The fraction of sp³-hybridized carbons (Fsp3) is 0. The second-order valence-electron chi connectivity index (χ2n) is 4.26. The zero-order valence-corrected chi connectivity index (χ0v) is 13.1. The van der Waals surface area contributed by atoms with Crippen LogP contribution in [0.2, 0.25) is 0 Å². The van der Waals surface area contributed by atoms with E-state index in [4.69, 9.17) is 0 Å². The summed E-state index contributed by atoms with van der Waals surface area (Å²) in [6.07, 6.45) is 0. The van der Waals surface area contributed by atoms with E-state index in [0.717, 1.165) is 42.5 Å². The van der Waals surface area contributed by atoms with Gasteiger partial charge in [-0.05, 0) is 30.3 Å². The van der Waals surface area contributed by atoms with Crippen LogP contribution < -0.4 is 5.06 Å². The van der Waals surface area contributed by atoms with E-state index < -0.39 is 38.5 Å². The van der Waals surface area contributed by atoms with Crippen molar-refractivity contribution in [2.75, 3.05) is 5.06 Å². The summed E-state index contributed by atoms with van der Waals surface area (Å²) in [7, 11) is 0. The van der Waals surface area contributed by atoms with E-state index in [2.05, 4.69) is 0 Å². The molecule has 0 N–H and O–H groups in total. The Morgan fingerprint density at radius 1 is 0.958 bits per heavy atom. The average molecular weight is 427 g/mol. The van der Waals surface area contributed by atoms with Gasteiger partial charge in [-0.3, -0.25) is 25.0 Å². The molecule has 0 saturated carbocycles. The topological polar surface area (TPSA) is 130 Å². The van der Waals surface area contributed by atoms with Crippen LogP contribution in [0.3, 0.4) is 0 Å². The number of nitro benzene ring substituents is 2. The van der Waals surface area contributed by atoms with Gasteiger partial charge in [-0.2, -0.15) is 0 Å². The first-order valence-electron chi connectivity index (χ1n) is 6.02. The number of anilines is 1. The van der Waals surface area contributed by atoms with Crippen molar-refractivity contribution in [1.82, 2.24) is 0 Å². The Labute approximate surface area is 147 Å². The maximum atomic E-state index is 12.8. The number of hydrogen-bond acceptors (Lipinski definition) is 6. The Hall–Kier alpha value is -2.74. The molecule has 24 heavy (non-hydrogen) atoms. The SMILES string of the molecule is O=C(c1c([N+](=O)[O-])cccc1[N+](=O)[O-])N([O-])c1ccc(F)cc1.[Pd]. The van der Waals surface area contributed by atoms with Crippen LogP contribution in [0.5, 0.6) is 0 Å². The molecular weight excluding hydrogens is 420 g/mol. The predicted octanol–water partition coefficient (Wildman–Crippen LogP) is 2.78. The van der Waals surface area contributed by atoms with Gasteiger partial charge in [0.2, 0.25) is 0 Å². The fourth-order valence-corrected chi connectivity index (χ4v) is 1.85. The van der Waals surface area contributed by atoms with Gasteiger partial charge in [0.15, 0.2) is 5.56 Å². The van der Waals surface area contributed by atoms with Crippen molar-refractivity contribution in [1.29, 1.82) is 0 Å². The van der Waals surface area contributed by atoms with Crippen molar-refractivity contribution < 1.29 is 39.5 Å². The van der Waals surface area contributed by atoms with Gasteiger partial charge in [0.25, 0.3) is 17.3 Å². The number of carbonyl (C=O) groups excluding carboxylic acids is 1. The van der Waals surface area contributed by atoms with E-state index in [0.29, 0.717) is 0 Å². The quantitative estimate of drug-likeness (QED) is 0.420. The maximum Gasteiger partial charge on any atom is 0.289 e. The molecule has 128 valence electrons. The number of nitrogens with zero attached hydrogens (tertiary/aromatic N) is 3. The molecule has 0 saturated heterocycles. The second kappa shape index (κ2) is 7.69. The first kappa shape index (κ1) is 19.3. The van der Waals surface area contributed by atoms with Crippen molar-refractivity contribution in [3.63, 3.8) is 0 Å². The summed E-state index contributed by atoms with van der Waals surface area (Å²) in [6.45, 7) is 0. The van der Waals surface area contributed by atoms with E-state index in [9.17, 15) is 34.6 Å². The molecule has 0 unspecified atom stereocenters. The third-order valence-electron chi connectivity index (χ3n) is 2.87. The molecule has 11 heteroatoms. The van der Waals surface area contributed by atoms with E-state index in [1.165, 1.54) is 0 Å². The molecule has 0 bridgehead atoms. The summed E-state index contributed by atoms with van der Waals surface area (Å²) in [4.78, 5) is 32.1. The first-order valence-corrected chi connectivity index (χ1v) is 6.02. The molecule has 0 atom stereocenters. The minimum Gasteiger partial charge on any atom is -0.751 e. The zero-order chi connectivity index (χ0) is 17.1.